The minimum Gasteiger partial charge on any atom is -0.283 e. The summed E-state index contributed by atoms with van der Waals surface area (Å²) in [6, 6.07) is 0. The van der Waals surface area contributed by atoms with E-state index in [9.17, 15) is 0 Å². The van der Waals surface area contributed by atoms with E-state index in [0.29, 0.717) is 0 Å². The van der Waals surface area contributed by atoms with Crippen LogP contribution < -0.4 is 0 Å². The Morgan fingerprint density at radius 3 is 2.00 bits per heavy atom. The first-order valence-electron chi connectivity index (χ1n) is 2.96. The molecule has 54 valence electrons. The highest BCUT2D eigenvalue weighted by Crippen LogP contribution is 1.84. The van der Waals surface area contributed by atoms with E-state index in [1.807, 2.05) is 28.1 Å². The second-order valence-corrected chi connectivity index (χ2v) is 2.00. The van der Waals surface area contributed by atoms with E-state index in [1.54, 1.807) is 10.0 Å². The lowest BCUT2D eigenvalue weighted by Crippen LogP contribution is -2.10. The van der Waals surface area contributed by atoms with Crippen LogP contribution in [0.4, 0.5) is 0 Å². The Hall–Kier alpha value is -0.800. The Balaban J connectivity index is 3.43. The van der Waals surface area contributed by atoms with Gasteiger partial charge in [-0.1, -0.05) is 10.4 Å². The molecule has 0 N–H and O–H groups in total. The molecule has 0 amide bonds. The highest BCUT2D eigenvalue weighted by atomic mass is 15.6. The lowest BCUT2D eigenvalue weighted by atomic mass is 10.8. The zero-order valence-corrected chi connectivity index (χ0v) is 6.50. The molecule has 0 unspecified atom stereocenters. The highest BCUT2D eigenvalue weighted by molar-refractivity contribution is 4.28. The quantitative estimate of drug-likeness (QED) is 0.417. The van der Waals surface area contributed by atoms with Gasteiger partial charge in [-0.3, -0.25) is 10.0 Å². The van der Waals surface area contributed by atoms with Crippen molar-refractivity contribution in [2.24, 2.45) is 10.4 Å². The largest absolute Gasteiger partial charge is 0.283 e. The van der Waals surface area contributed by atoms with Crippen LogP contribution >= 0.6 is 0 Å². The fourth-order valence-corrected chi connectivity index (χ4v) is 0.212. The van der Waals surface area contributed by atoms with Crippen LogP contribution in [-0.4, -0.2) is 37.7 Å². The van der Waals surface area contributed by atoms with E-state index >= 15 is 0 Å². The first kappa shape index (κ1) is 8.20. The van der Waals surface area contributed by atoms with E-state index in [1.165, 1.54) is 0 Å². The van der Waals surface area contributed by atoms with E-state index in [0.717, 1.165) is 6.54 Å². The molecule has 0 aliphatic carbocycles. The van der Waals surface area contributed by atoms with Crippen molar-refractivity contribution in [3.05, 3.63) is 0 Å². The van der Waals surface area contributed by atoms with E-state index in [-0.39, 0.29) is 0 Å². The summed E-state index contributed by atoms with van der Waals surface area (Å²) in [6.07, 6.45) is 0. The molecule has 0 atom stereocenters. The second-order valence-electron chi connectivity index (χ2n) is 2.00. The minimum atomic E-state index is 0.886. The molecule has 0 aliphatic heterocycles. The lowest BCUT2D eigenvalue weighted by molar-refractivity contribution is 0.284. The van der Waals surface area contributed by atoms with E-state index in [2.05, 4.69) is 10.4 Å². The summed E-state index contributed by atoms with van der Waals surface area (Å²) in [4.78, 5) is 0. The Morgan fingerprint density at radius 1 is 1.11 bits per heavy atom. The fraction of sp³-hybridized carbons (Fsp3) is 1.00. The third-order valence-electron chi connectivity index (χ3n) is 0.829. The molecule has 0 spiro atoms. The van der Waals surface area contributed by atoms with Crippen molar-refractivity contribution < 1.29 is 0 Å². The predicted molar refractivity (Wildman–Crippen MR) is 36.8 cm³/mol. The average Bonchev–Trinajstić information content (AvgIpc) is 1.83. The third-order valence-corrected chi connectivity index (χ3v) is 0.829. The molecule has 0 aromatic rings. The van der Waals surface area contributed by atoms with E-state index in [4.69, 9.17) is 0 Å². The van der Waals surface area contributed by atoms with Gasteiger partial charge in [-0.2, -0.15) is 0 Å². The first-order valence-corrected chi connectivity index (χ1v) is 2.96. The molecular formula is C5H14N4. The van der Waals surface area contributed by atoms with Gasteiger partial charge in [0.25, 0.3) is 0 Å². The number of nitrogens with zero attached hydrogens (tertiary/aromatic N) is 4. The normalized spacial score (nSPS) is 10.2. The smallest absolute Gasteiger partial charge is 0.0346 e. The topological polar surface area (TPSA) is 31.2 Å². The number of hydrogen-bond acceptors (Lipinski definition) is 2. The molecule has 4 nitrogen and oxygen atoms in total. The highest BCUT2D eigenvalue weighted by Gasteiger charge is 1.83. The van der Waals surface area contributed by atoms with Gasteiger partial charge in [0, 0.05) is 27.7 Å². The molecule has 0 bridgehead atoms. The van der Waals surface area contributed by atoms with Crippen molar-refractivity contribution in [3.63, 3.8) is 0 Å². The van der Waals surface area contributed by atoms with Crippen molar-refractivity contribution in [1.82, 2.24) is 10.0 Å². The summed E-state index contributed by atoms with van der Waals surface area (Å²) in [5, 5.41) is 11.0. The minimum absolute atomic E-state index is 0.886. The zero-order valence-electron chi connectivity index (χ0n) is 6.50. The van der Waals surface area contributed by atoms with Gasteiger partial charge in [0.1, 0.15) is 0 Å². The van der Waals surface area contributed by atoms with Crippen molar-refractivity contribution in [2.45, 2.75) is 6.92 Å². The third kappa shape index (κ3) is 5.06. The van der Waals surface area contributed by atoms with Gasteiger partial charge in [-0.25, -0.2) is 0 Å². The van der Waals surface area contributed by atoms with Crippen LogP contribution in [0.15, 0.2) is 10.4 Å². The average molecular weight is 130 g/mol. The summed E-state index contributed by atoms with van der Waals surface area (Å²) in [6.45, 7) is 2.91. The maximum absolute atomic E-state index is 3.83. The standard InChI is InChI=1S/C5H14N4/c1-5-9(4)7-6-8(2)3/h5H2,1-4H3/b7-6-. The molecule has 0 aromatic heterocycles. The van der Waals surface area contributed by atoms with Crippen molar-refractivity contribution >= 4 is 0 Å². The van der Waals surface area contributed by atoms with Crippen LogP contribution in [0.25, 0.3) is 0 Å². The molecule has 0 radical (unpaired) electrons. The second kappa shape index (κ2) is 4.12. The Bertz CT molecular complexity index is 89.0. The zero-order chi connectivity index (χ0) is 7.28. The SMILES string of the molecule is CCN(C)/N=N\N(C)C. The summed E-state index contributed by atoms with van der Waals surface area (Å²) in [5.74, 6) is 0. The molecule has 0 aliphatic rings. The Morgan fingerprint density at radius 2 is 1.67 bits per heavy atom. The van der Waals surface area contributed by atoms with Gasteiger partial charge < -0.3 is 0 Å². The lowest BCUT2D eigenvalue weighted by Gasteiger charge is -2.08. The Kier molecular flexibility index (Phi) is 3.75. The molecule has 0 saturated carbocycles. The van der Waals surface area contributed by atoms with Gasteiger partial charge in [0.2, 0.25) is 0 Å². The fourth-order valence-electron chi connectivity index (χ4n) is 0.212. The molecule has 0 aromatic carbocycles. The van der Waals surface area contributed by atoms with Crippen molar-refractivity contribution in [3.8, 4) is 0 Å². The molecule has 0 fully saturated rings. The summed E-state index contributed by atoms with van der Waals surface area (Å²) >= 11 is 0. The van der Waals surface area contributed by atoms with Gasteiger partial charge in [0.05, 0.1) is 0 Å². The van der Waals surface area contributed by atoms with Crippen LogP contribution in [0.3, 0.4) is 0 Å². The maximum Gasteiger partial charge on any atom is 0.0346 e. The van der Waals surface area contributed by atoms with Gasteiger partial charge in [-0.15, -0.1) is 0 Å². The van der Waals surface area contributed by atoms with Gasteiger partial charge in [0.15, 0.2) is 0 Å². The molecule has 0 rings (SSSR count). The summed E-state index contributed by atoms with van der Waals surface area (Å²) < 4.78 is 0. The van der Waals surface area contributed by atoms with Crippen LogP contribution in [0.1, 0.15) is 6.92 Å². The first-order chi connectivity index (χ1) is 4.16. The summed E-state index contributed by atoms with van der Waals surface area (Å²) in [7, 11) is 5.56. The molecular weight excluding hydrogens is 116 g/mol. The monoisotopic (exact) mass is 130 g/mol. The maximum atomic E-state index is 3.83. The van der Waals surface area contributed by atoms with Crippen molar-refractivity contribution in [2.75, 3.05) is 27.7 Å². The molecule has 4 heteroatoms. The van der Waals surface area contributed by atoms with Crippen LogP contribution in [-0.2, 0) is 0 Å². The van der Waals surface area contributed by atoms with Crippen molar-refractivity contribution in [1.29, 1.82) is 0 Å². The Labute approximate surface area is 56.1 Å². The van der Waals surface area contributed by atoms with Crippen LogP contribution in [0.5, 0.6) is 0 Å². The number of rotatable bonds is 3. The van der Waals surface area contributed by atoms with Crippen LogP contribution in [0.2, 0.25) is 0 Å². The molecule has 9 heavy (non-hydrogen) atoms. The molecule has 0 saturated heterocycles. The van der Waals surface area contributed by atoms with Gasteiger partial charge in [-0.05, 0) is 6.92 Å². The predicted octanol–water partition coefficient (Wildman–Crippen LogP) is 0.782. The van der Waals surface area contributed by atoms with E-state index < -0.39 is 0 Å². The van der Waals surface area contributed by atoms with Gasteiger partial charge >= 0.3 is 0 Å². The van der Waals surface area contributed by atoms with Crippen LogP contribution in [0, 0.1) is 0 Å². The summed E-state index contributed by atoms with van der Waals surface area (Å²) in [5.41, 5.74) is 0. The molecule has 0 heterocycles. The number of hydrogen-bond donors (Lipinski definition) is 0.